The van der Waals surface area contributed by atoms with Gasteiger partial charge in [0.2, 0.25) is 5.69 Å². The van der Waals surface area contributed by atoms with Crippen LogP contribution in [0.2, 0.25) is 18.1 Å². The zero-order chi connectivity index (χ0) is 14.0. The highest BCUT2D eigenvalue weighted by atomic mass is 28.4. The molecule has 1 unspecified atom stereocenters. The first-order valence-corrected chi connectivity index (χ1v) is 8.92. The third kappa shape index (κ3) is 3.12. The Bertz CT molecular complexity index is 458. The molecule has 1 heterocycles. The molecule has 0 aliphatic rings. The van der Waals surface area contributed by atoms with E-state index in [0.717, 1.165) is 4.73 Å². The molecule has 0 spiro atoms. The van der Waals surface area contributed by atoms with Gasteiger partial charge in [-0.25, -0.2) is 0 Å². The molecule has 4 heteroatoms. The maximum absolute atomic E-state index is 11.7. The van der Waals surface area contributed by atoms with E-state index >= 15 is 0 Å². The lowest BCUT2D eigenvalue weighted by Gasteiger charge is -2.37. The van der Waals surface area contributed by atoms with Crippen LogP contribution in [0.5, 0.6) is 0 Å². The fourth-order valence-corrected chi connectivity index (χ4v) is 2.43. The quantitative estimate of drug-likeness (QED) is 0.364. The SMILES string of the molecule is C#CC(O[Si](C)(C)C(C)(C)C)c1cccc[n+]1[O-]. The van der Waals surface area contributed by atoms with Crippen molar-refractivity contribution in [2.24, 2.45) is 0 Å². The third-order valence-corrected chi connectivity index (χ3v) is 7.93. The number of rotatable bonds is 3. The molecule has 1 aromatic rings. The van der Waals surface area contributed by atoms with Crippen LogP contribution in [0, 0.1) is 17.6 Å². The van der Waals surface area contributed by atoms with E-state index in [-0.39, 0.29) is 5.04 Å². The Balaban J connectivity index is 3.02. The van der Waals surface area contributed by atoms with Crippen LogP contribution in [0.3, 0.4) is 0 Å². The molecule has 0 N–H and O–H groups in total. The van der Waals surface area contributed by atoms with Crippen molar-refractivity contribution < 1.29 is 9.16 Å². The first kappa shape index (κ1) is 14.7. The van der Waals surface area contributed by atoms with Crippen LogP contribution in [0.1, 0.15) is 32.6 Å². The van der Waals surface area contributed by atoms with Gasteiger partial charge in [0.05, 0.1) is 0 Å². The van der Waals surface area contributed by atoms with Gasteiger partial charge in [0, 0.05) is 12.1 Å². The molecule has 18 heavy (non-hydrogen) atoms. The van der Waals surface area contributed by atoms with Crippen molar-refractivity contribution in [2.75, 3.05) is 0 Å². The van der Waals surface area contributed by atoms with Gasteiger partial charge in [-0.2, -0.15) is 4.73 Å². The molecule has 0 aromatic carbocycles. The zero-order valence-corrected chi connectivity index (χ0v) is 12.7. The summed E-state index contributed by atoms with van der Waals surface area (Å²) in [7, 11) is -1.99. The summed E-state index contributed by atoms with van der Waals surface area (Å²) < 4.78 is 6.88. The second-order valence-electron chi connectivity index (χ2n) is 5.88. The summed E-state index contributed by atoms with van der Waals surface area (Å²) in [5, 5.41) is 11.8. The monoisotopic (exact) mass is 263 g/mol. The standard InChI is InChI=1S/C14H21NO2Si/c1-7-13(12-10-8-9-11-15(12)16)17-18(5,6)14(2,3)4/h1,8-11,13H,2-6H3. The van der Waals surface area contributed by atoms with Crippen LogP contribution >= 0.6 is 0 Å². The van der Waals surface area contributed by atoms with Gasteiger partial charge in [0.25, 0.3) is 0 Å². The summed E-state index contributed by atoms with van der Waals surface area (Å²) >= 11 is 0. The molecule has 1 rings (SSSR count). The zero-order valence-electron chi connectivity index (χ0n) is 11.7. The van der Waals surface area contributed by atoms with E-state index in [1.165, 1.54) is 6.20 Å². The Hall–Kier alpha value is -1.31. The summed E-state index contributed by atoms with van der Waals surface area (Å²) in [6.45, 7) is 10.7. The fourth-order valence-electron chi connectivity index (χ4n) is 1.30. The first-order valence-electron chi connectivity index (χ1n) is 6.01. The number of terminal acetylenes is 1. The van der Waals surface area contributed by atoms with E-state index in [1.54, 1.807) is 18.2 Å². The summed E-state index contributed by atoms with van der Waals surface area (Å²) in [5.41, 5.74) is 0.477. The second kappa shape index (κ2) is 5.13. The molecular formula is C14H21NO2Si. The predicted molar refractivity (Wildman–Crippen MR) is 75.3 cm³/mol. The number of aromatic nitrogens is 1. The van der Waals surface area contributed by atoms with Gasteiger partial charge in [0.1, 0.15) is 0 Å². The Morgan fingerprint density at radius 1 is 1.39 bits per heavy atom. The Morgan fingerprint density at radius 2 is 2.00 bits per heavy atom. The van der Waals surface area contributed by atoms with E-state index in [2.05, 4.69) is 39.8 Å². The Labute approximate surface area is 111 Å². The van der Waals surface area contributed by atoms with Crippen molar-refractivity contribution in [3.05, 3.63) is 35.3 Å². The molecule has 0 aliphatic heterocycles. The number of pyridine rings is 1. The average Bonchev–Trinajstić information content (AvgIpc) is 2.25. The topological polar surface area (TPSA) is 36.2 Å². The van der Waals surface area contributed by atoms with Crippen LogP contribution in [0.25, 0.3) is 0 Å². The Kier molecular flexibility index (Phi) is 4.20. The van der Waals surface area contributed by atoms with Crippen LogP contribution in [0.4, 0.5) is 0 Å². The largest absolute Gasteiger partial charge is 0.618 e. The molecular weight excluding hydrogens is 242 g/mol. The molecule has 0 saturated heterocycles. The van der Waals surface area contributed by atoms with E-state index in [1.807, 2.05) is 0 Å². The minimum Gasteiger partial charge on any atom is -0.618 e. The van der Waals surface area contributed by atoms with Crippen molar-refractivity contribution in [3.63, 3.8) is 0 Å². The average molecular weight is 263 g/mol. The lowest BCUT2D eigenvalue weighted by atomic mass is 10.2. The molecule has 1 atom stereocenters. The maximum atomic E-state index is 11.7. The molecule has 0 fully saturated rings. The van der Waals surface area contributed by atoms with Gasteiger partial charge in [-0.3, -0.25) is 0 Å². The van der Waals surface area contributed by atoms with Crippen molar-refractivity contribution in [1.82, 2.24) is 0 Å². The smallest absolute Gasteiger partial charge is 0.233 e. The first-order chi connectivity index (χ1) is 8.19. The number of hydrogen-bond donors (Lipinski definition) is 0. The third-order valence-electron chi connectivity index (χ3n) is 3.49. The molecule has 0 saturated carbocycles. The summed E-state index contributed by atoms with van der Waals surface area (Å²) in [6, 6.07) is 5.18. The maximum Gasteiger partial charge on any atom is 0.233 e. The summed E-state index contributed by atoms with van der Waals surface area (Å²) in [5.74, 6) is 2.58. The normalized spacial score (nSPS) is 14.0. The Morgan fingerprint density at radius 3 is 2.44 bits per heavy atom. The van der Waals surface area contributed by atoms with Gasteiger partial charge >= 0.3 is 0 Å². The van der Waals surface area contributed by atoms with Crippen LogP contribution < -0.4 is 4.73 Å². The molecule has 1 aromatic heterocycles. The second-order valence-corrected chi connectivity index (χ2v) is 10.6. The van der Waals surface area contributed by atoms with Crippen LogP contribution in [-0.4, -0.2) is 8.32 Å². The molecule has 3 nitrogen and oxygen atoms in total. The van der Waals surface area contributed by atoms with Crippen molar-refractivity contribution in [3.8, 4) is 12.3 Å². The molecule has 0 aliphatic carbocycles. The van der Waals surface area contributed by atoms with Crippen molar-refractivity contribution >= 4 is 8.32 Å². The van der Waals surface area contributed by atoms with E-state index < -0.39 is 14.4 Å². The van der Waals surface area contributed by atoms with Gasteiger partial charge in [-0.15, -0.1) is 6.42 Å². The summed E-state index contributed by atoms with van der Waals surface area (Å²) in [4.78, 5) is 0. The highest BCUT2D eigenvalue weighted by molar-refractivity contribution is 6.74. The predicted octanol–water partition coefficient (Wildman–Crippen LogP) is 3.02. The van der Waals surface area contributed by atoms with Crippen molar-refractivity contribution in [1.29, 1.82) is 0 Å². The minimum absolute atomic E-state index is 0.0601. The van der Waals surface area contributed by atoms with Gasteiger partial charge in [0.15, 0.2) is 20.6 Å². The molecule has 0 bridgehead atoms. The molecule has 98 valence electrons. The van der Waals surface area contributed by atoms with Crippen molar-refractivity contribution in [2.45, 2.75) is 45.0 Å². The fraction of sp³-hybridized carbons (Fsp3) is 0.500. The molecule has 0 amide bonds. The van der Waals surface area contributed by atoms with E-state index in [9.17, 15) is 5.21 Å². The summed E-state index contributed by atoms with van der Waals surface area (Å²) in [6.07, 6.45) is 6.38. The molecule has 0 radical (unpaired) electrons. The van der Waals surface area contributed by atoms with Gasteiger partial charge in [-0.05, 0) is 24.2 Å². The van der Waals surface area contributed by atoms with Crippen LogP contribution in [0.15, 0.2) is 24.4 Å². The highest BCUT2D eigenvalue weighted by Gasteiger charge is 2.40. The van der Waals surface area contributed by atoms with Crippen LogP contribution in [-0.2, 0) is 4.43 Å². The van der Waals surface area contributed by atoms with Gasteiger partial charge in [-0.1, -0.05) is 26.7 Å². The lowest BCUT2D eigenvalue weighted by molar-refractivity contribution is -0.617. The minimum atomic E-state index is -1.99. The highest BCUT2D eigenvalue weighted by Crippen LogP contribution is 2.39. The number of hydrogen-bond acceptors (Lipinski definition) is 2. The number of nitrogens with zero attached hydrogens (tertiary/aromatic N) is 1. The lowest BCUT2D eigenvalue weighted by Crippen LogP contribution is -2.44. The van der Waals surface area contributed by atoms with Gasteiger partial charge < -0.3 is 9.63 Å². The van der Waals surface area contributed by atoms with E-state index in [0.29, 0.717) is 5.69 Å². The van der Waals surface area contributed by atoms with E-state index in [4.69, 9.17) is 10.8 Å².